The number of rotatable bonds is 4. The van der Waals surface area contributed by atoms with Crippen molar-refractivity contribution in [3.8, 4) is 0 Å². The van der Waals surface area contributed by atoms with Crippen molar-refractivity contribution >= 4 is 45.4 Å². The van der Waals surface area contributed by atoms with Gasteiger partial charge >= 0.3 is 0 Å². The highest BCUT2D eigenvalue weighted by molar-refractivity contribution is 8.18. The minimum atomic E-state index is -0.267. The van der Waals surface area contributed by atoms with Gasteiger partial charge in [0.1, 0.15) is 0 Å². The highest BCUT2D eigenvalue weighted by atomic mass is 32.2. The van der Waals surface area contributed by atoms with Crippen LogP contribution in [0.3, 0.4) is 0 Å². The maximum absolute atomic E-state index is 12.6. The molecule has 3 aromatic carbocycles. The Kier molecular flexibility index (Phi) is 4.46. The first-order chi connectivity index (χ1) is 12.7. The maximum atomic E-state index is 12.6. The van der Waals surface area contributed by atoms with Crippen molar-refractivity contribution in [1.29, 1.82) is 0 Å². The van der Waals surface area contributed by atoms with E-state index in [-0.39, 0.29) is 17.8 Å². The van der Waals surface area contributed by atoms with Crippen molar-refractivity contribution < 1.29 is 9.59 Å². The van der Waals surface area contributed by atoms with Crippen LogP contribution in [0.4, 0.5) is 10.5 Å². The van der Waals surface area contributed by atoms with Gasteiger partial charge in [-0.3, -0.25) is 14.5 Å². The summed E-state index contributed by atoms with van der Waals surface area (Å²) < 4.78 is 0. The Morgan fingerprint density at radius 3 is 2.46 bits per heavy atom. The molecule has 0 aliphatic carbocycles. The second-order valence-electron chi connectivity index (χ2n) is 5.88. The Morgan fingerprint density at radius 1 is 0.885 bits per heavy atom. The molecule has 1 aliphatic rings. The van der Waals surface area contributed by atoms with Crippen LogP contribution in [-0.4, -0.2) is 22.7 Å². The van der Waals surface area contributed by atoms with Crippen molar-refractivity contribution in [3.05, 3.63) is 83.3 Å². The first-order valence-electron chi connectivity index (χ1n) is 8.24. The number of anilines is 1. The molecule has 26 heavy (non-hydrogen) atoms. The Morgan fingerprint density at radius 2 is 1.62 bits per heavy atom. The van der Waals surface area contributed by atoms with Crippen LogP contribution >= 0.6 is 11.8 Å². The van der Waals surface area contributed by atoms with E-state index in [0.29, 0.717) is 4.91 Å². The van der Waals surface area contributed by atoms with Gasteiger partial charge in [0.25, 0.3) is 11.1 Å². The number of thioether (sulfide) groups is 1. The third kappa shape index (κ3) is 3.21. The number of carbonyl (C=O) groups is 2. The molecule has 1 fully saturated rings. The summed E-state index contributed by atoms with van der Waals surface area (Å²) in [6.07, 6.45) is 1.75. The normalized spacial score (nSPS) is 15.8. The standard InChI is InChI=1S/C21H16N2O2S/c24-20-19(13-15-7-2-1-3-8-15)26-21(25)23(20)14-22-18-12-6-10-16-9-4-5-11-17(16)18/h1-13,22H,14H2/b19-13-. The minimum Gasteiger partial charge on any atom is -0.367 e. The van der Waals surface area contributed by atoms with Crippen molar-refractivity contribution in [2.75, 3.05) is 12.0 Å². The second-order valence-corrected chi connectivity index (χ2v) is 6.88. The predicted molar refractivity (Wildman–Crippen MR) is 107 cm³/mol. The van der Waals surface area contributed by atoms with E-state index >= 15 is 0 Å². The average molecular weight is 360 g/mol. The molecule has 4 rings (SSSR count). The molecule has 1 N–H and O–H groups in total. The van der Waals surface area contributed by atoms with E-state index in [1.807, 2.05) is 72.8 Å². The molecule has 128 valence electrons. The number of carbonyl (C=O) groups excluding carboxylic acids is 2. The first-order valence-corrected chi connectivity index (χ1v) is 9.06. The van der Waals surface area contributed by atoms with E-state index in [1.54, 1.807) is 6.08 Å². The molecule has 0 aromatic heterocycles. The molecule has 0 spiro atoms. The number of nitrogens with zero attached hydrogens (tertiary/aromatic N) is 1. The molecule has 2 amide bonds. The number of imide groups is 1. The lowest BCUT2D eigenvalue weighted by molar-refractivity contribution is -0.122. The summed E-state index contributed by atoms with van der Waals surface area (Å²) in [6, 6.07) is 23.5. The third-order valence-corrected chi connectivity index (χ3v) is 5.10. The Bertz CT molecular complexity index is 1010. The van der Waals surface area contributed by atoms with Crippen LogP contribution in [-0.2, 0) is 4.79 Å². The van der Waals surface area contributed by atoms with Gasteiger partial charge in [-0.15, -0.1) is 0 Å². The van der Waals surface area contributed by atoms with Crippen molar-refractivity contribution in [3.63, 3.8) is 0 Å². The molecule has 3 aromatic rings. The lowest BCUT2D eigenvalue weighted by atomic mass is 10.1. The minimum absolute atomic E-state index is 0.144. The summed E-state index contributed by atoms with van der Waals surface area (Å²) >= 11 is 0.974. The number of amides is 2. The summed E-state index contributed by atoms with van der Waals surface area (Å²) in [4.78, 5) is 26.5. The Balaban J connectivity index is 1.52. The average Bonchev–Trinajstić information content (AvgIpc) is 2.94. The number of nitrogens with one attached hydrogen (secondary N) is 1. The molecule has 0 saturated carbocycles. The van der Waals surface area contributed by atoms with Gasteiger partial charge in [-0.25, -0.2) is 0 Å². The Labute approximate surface area is 155 Å². The van der Waals surface area contributed by atoms with Gasteiger partial charge in [0.05, 0.1) is 11.6 Å². The number of hydrogen-bond acceptors (Lipinski definition) is 4. The second kappa shape index (κ2) is 7.06. The van der Waals surface area contributed by atoms with Gasteiger partial charge in [-0.05, 0) is 34.9 Å². The molecule has 1 heterocycles. The fraction of sp³-hybridized carbons (Fsp3) is 0.0476. The molecule has 1 saturated heterocycles. The third-order valence-electron chi connectivity index (χ3n) is 4.19. The highest BCUT2D eigenvalue weighted by Crippen LogP contribution is 2.32. The summed E-state index contributed by atoms with van der Waals surface area (Å²) in [7, 11) is 0. The van der Waals surface area contributed by atoms with Crippen LogP contribution in [0.2, 0.25) is 0 Å². The van der Waals surface area contributed by atoms with Gasteiger partial charge < -0.3 is 5.32 Å². The molecule has 0 atom stereocenters. The summed E-state index contributed by atoms with van der Waals surface area (Å²) in [5, 5.41) is 5.12. The lowest BCUT2D eigenvalue weighted by Gasteiger charge is -2.15. The molecule has 5 heteroatoms. The Hall–Kier alpha value is -3.05. The fourth-order valence-electron chi connectivity index (χ4n) is 2.88. The molecule has 0 radical (unpaired) electrons. The van der Waals surface area contributed by atoms with Crippen molar-refractivity contribution in [1.82, 2.24) is 4.90 Å². The van der Waals surface area contributed by atoms with Crippen LogP contribution in [0.1, 0.15) is 5.56 Å². The summed E-state index contributed by atoms with van der Waals surface area (Å²) in [5.41, 5.74) is 1.80. The van der Waals surface area contributed by atoms with Crippen LogP contribution in [0, 0.1) is 0 Å². The van der Waals surface area contributed by atoms with E-state index in [9.17, 15) is 9.59 Å². The van der Waals surface area contributed by atoms with E-state index < -0.39 is 0 Å². The van der Waals surface area contributed by atoms with Gasteiger partial charge in [0.2, 0.25) is 0 Å². The van der Waals surface area contributed by atoms with Crippen LogP contribution < -0.4 is 5.32 Å². The first kappa shape index (κ1) is 16.4. The topological polar surface area (TPSA) is 49.4 Å². The van der Waals surface area contributed by atoms with E-state index in [1.165, 1.54) is 4.90 Å². The number of fused-ring (bicyclic) bond motifs is 1. The van der Waals surface area contributed by atoms with Crippen LogP contribution in [0.5, 0.6) is 0 Å². The number of hydrogen-bond donors (Lipinski definition) is 1. The quantitative estimate of drug-likeness (QED) is 0.669. The molecule has 0 bridgehead atoms. The molecule has 4 nitrogen and oxygen atoms in total. The monoisotopic (exact) mass is 360 g/mol. The smallest absolute Gasteiger partial charge is 0.295 e. The lowest BCUT2D eigenvalue weighted by Crippen LogP contribution is -2.33. The van der Waals surface area contributed by atoms with Gasteiger partial charge in [0.15, 0.2) is 0 Å². The van der Waals surface area contributed by atoms with E-state index in [4.69, 9.17) is 0 Å². The number of benzene rings is 3. The maximum Gasteiger partial charge on any atom is 0.295 e. The van der Waals surface area contributed by atoms with Gasteiger partial charge in [0, 0.05) is 11.1 Å². The molecule has 1 aliphatic heterocycles. The van der Waals surface area contributed by atoms with Gasteiger partial charge in [-0.2, -0.15) is 0 Å². The molecule has 0 unspecified atom stereocenters. The van der Waals surface area contributed by atoms with E-state index in [0.717, 1.165) is 33.8 Å². The van der Waals surface area contributed by atoms with Crippen LogP contribution in [0.15, 0.2) is 77.7 Å². The molecular weight excluding hydrogens is 344 g/mol. The predicted octanol–water partition coefficient (Wildman–Crippen LogP) is 4.95. The largest absolute Gasteiger partial charge is 0.367 e. The SMILES string of the molecule is O=C1S/C(=C\c2ccccc2)C(=O)N1CNc1cccc2ccccc12. The summed E-state index contributed by atoms with van der Waals surface area (Å²) in [5.74, 6) is -0.267. The fourth-order valence-corrected chi connectivity index (χ4v) is 3.72. The van der Waals surface area contributed by atoms with E-state index in [2.05, 4.69) is 5.32 Å². The van der Waals surface area contributed by atoms with Crippen molar-refractivity contribution in [2.45, 2.75) is 0 Å². The zero-order chi connectivity index (χ0) is 17.9. The highest BCUT2D eigenvalue weighted by Gasteiger charge is 2.34. The van der Waals surface area contributed by atoms with Crippen LogP contribution in [0.25, 0.3) is 16.8 Å². The zero-order valence-corrected chi connectivity index (χ0v) is 14.7. The zero-order valence-electron chi connectivity index (χ0n) is 13.9. The van der Waals surface area contributed by atoms with Gasteiger partial charge in [-0.1, -0.05) is 66.7 Å². The molecular formula is C21H16N2O2S. The summed E-state index contributed by atoms with van der Waals surface area (Å²) in [6.45, 7) is 0.144. The van der Waals surface area contributed by atoms with Crippen molar-refractivity contribution in [2.24, 2.45) is 0 Å².